The van der Waals surface area contributed by atoms with Gasteiger partial charge in [-0.1, -0.05) is 0 Å². The fraction of sp³-hybridized carbons (Fsp3) is 0.286. The normalized spacial score (nSPS) is 13.7. The van der Waals surface area contributed by atoms with E-state index in [0.717, 1.165) is 21.9 Å². The third kappa shape index (κ3) is 2.92. The van der Waals surface area contributed by atoms with Crippen molar-refractivity contribution >= 4 is 21.4 Å². The molecule has 2 aromatic rings. The Morgan fingerprint density at radius 1 is 1.15 bits per heavy atom. The summed E-state index contributed by atoms with van der Waals surface area (Å²) >= 11 is 1.57. The summed E-state index contributed by atoms with van der Waals surface area (Å²) < 4.78 is 39.2. The van der Waals surface area contributed by atoms with Gasteiger partial charge >= 0.3 is 0 Å². The zero-order chi connectivity index (χ0) is 14.9. The van der Waals surface area contributed by atoms with Crippen molar-refractivity contribution in [3.63, 3.8) is 0 Å². The molecule has 0 amide bonds. The number of halogens is 1. The Hall–Kier alpha value is -1.24. The molecule has 0 aliphatic rings. The molecular weight excluding hydrogens is 297 g/mol. The van der Waals surface area contributed by atoms with Gasteiger partial charge in [-0.3, -0.25) is 0 Å². The first-order valence-electron chi connectivity index (χ1n) is 6.12. The van der Waals surface area contributed by atoms with Crippen LogP contribution in [0.5, 0.6) is 0 Å². The number of sulfonamides is 1. The standard InChI is InChI=1S/C14H16FNO2S2/c1-10-4-9-14(19-10)11(2)16(3)20(17,18)13-7-5-12(15)6-8-13/h4-9,11H,1-3H3. The number of hydrogen-bond acceptors (Lipinski definition) is 3. The first-order chi connectivity index (χ1) is 9.32. The monoisotopic (exact) mass is 313 g/mol. The molecule has 0 radical (unpaired) electrons. The molecule has 108 valence electrons. The SMILES string of the molecule is Cc1ccc(C(C)N(C)S(=O)(=O)c2ccc(F)cc2)s1. The largest absolute Gasteiger partial charge is 0.243 e. The molecule has 1 atom stereocenters. The van der Waals surface area contributed by atoms with Crippen molar-refractivity contribution in [2.24, 2.45) is 0 Å². The molecule has 2 rings (SSSR count). The molecule has 1 unspecified atom stereocenters. The van der Waals surface area contributed by atoms with E-state index in [1.807, 2.05) is 26.0 Å². The van der Waals surface area contributed by atoms with Gasteiger partial charge in [0.25, 0.3) is 0 Å². The Bertz CT molecular complexity index is 692. The van der Waals surface area contributed by atoms with Gasteiger partial charge in [0.2, 0.25) is 10.0 Å². The first-order valence-corrected chi connectivity index (χ1v) is 8.38. The number of hydrogen-bond donors (Lipinski definition) is 0. The molecule has 3 nitrogen and oxygen atoms in total. The van der Waals surface area contributed by atoms with Crippen molar-refractivity contribution in [3.05, 3.63) is 52.0 Å². The van der Waals surface area contributed by atoms with Gasteiger partial charge in [-0.2, -0.15) is 4.31 Å². The Morgan fingerprint density at radius 2 is 1.75 bits per heavy atom. The van der Waals surface area contributed by atoms with Crippen LogP contribution in [-0.4, -0.2) is 19.8 Å². The first kappa shape index (κ1) is 15.2. The molecule has 0 spiro atoms. The third-order valence-electron chi connectivity index (χ3n) is 3.21. The van der Waals surface area contributed by atoms with E-state index in [-0.39, 0.29) is 10.9 Å². The van der Waals surface area contributed by atoms with Crippen LogP contribution in [0.25, 0.3) is 0 Å². The molecule has 0 saturated carbocycles. The van der Waals surface area contributed by atoms with E-state index in [0.29, 0.717) is 0 Å². The summed E-state index contributed by atoms with van der Waals surface area (Å²) in [4.78, 5) is 2.22. The lowest BCUT2D eigenvalue weighted by atomic mass is 10.3. The highest BCUT2D eigenvalue weighted by molar-refractivity contribution is 7.89. The number of rotatable bonds is 4. The van der Waals surface area contributed by atoms with Gasteiger partial charge < -0.3 is 0 Å². The Morgan fingerprint density at radius 3 is 2.25 bits per heavy atom. The lowest BCUT2D eigenvalue weighted by molar-refractivity contribution is 0.403. The molecular formula is C14H16FNO2S2. The van der Waals surface area contributed by atoms with Gasteiger partial charge in [-0.15, -0.1) is 11.3 Å². The van der Waals surface area contributed by atoms with Crippen molar-refractivity contribution in [1.82, 2.24) is 4.31 Å². The quantitative estimate of drug-likeness (QED) is 0.865. The van der Waals surface area contributed by atoms with Crippen LogP contribution in [0.4, 0.5) is 4.39 Å². The van der Waals surface area contributed by atoms with E-state index >= 15 is 0 Å². The number of aryl methyl sites for hydroxylation is 1. The average molecular weight is 313 g/mol. The van der Waals surface area contributed by atoms with Crippen molar-refractivity contribution in [2.45, 2.75) is 24.8 Å². The molecule has 1 heterocycles. The van der Waals surface area contributed by atoms with Crippen LogP contribution in [0.1, 0.15) is 22.7 Å². The maximum atomic E-state index is 12.9. The molecule has 0 saturated heterocycles. The van der Waals surface area contributed by atoms with E-state index in [9.17, 15) is 12.8 Å². The molecule has 6 heteroatoms. The highest BCUT2D eigenvalue weighted by Gasteiger charge is 2.26. The van der Waals surface area contributed by atoms with E-state index in [4.69, 9.17) is 0 Å². The van der Waals surface area contributed by atoms with Crippen LogP contribution in [0.15, 0.2) is 41.3 Å². The molecule has 0 aliphatic carbocycles. The highest BCUT2D eigenvalue weighted by Crippen LogP contribution is 2.30. The minimum atomic E-state index is -3.62. The maximum Gasteiger partial charge on any atom is 0.243 e. The molecule has 1 aromatic heterocycles. The van der Waals surface area contributed by atoms with E-state index < -0.39 is 15.8 Å². The summed E-state index contributed by atoms with van der Waals surface area (Å²) in [7, 11) is -2.08. The second-order valence-corrected chi connectivity index (χ2v) is 7.92. The molecule has 1 aromatic carbocycles. The fourth-order valence-corrected chi connectivity index (χ4v) is 4.22. The van der Waals surface area contributed by atoms with E-state index in [2.05, 4.69) is 0 Å². The zero-order valence-corrected chi connectivity index (χ0v) is 13.1. The average Bonchev–Trinajstić information content (AvgIpc) is 2.84. The molecule has 0 bridgehead atoms. The summed E-state index contributed by atoms with van der Waals surface area (Å²) in [6.45, 7) is 3.82. The minimum Gasteiger partial charge on any atom is -0.207 e. The van der Waals surface area contributed by atoms with Gasteiger partial charge in [0.1, 0.15) is 5.82 Å². The van der Waals surface area contributed by atoms with Crippen LogP contribution in [0, 0.1) is 12.7 Å². The summed E-state index contributed by atoms with van der Waals surface area (Å²) in [5.41, 5.74) is 0. The van der Waals surface area contributed by atoms with Crippen LogP contribution in [-0.2, 0) is 10.0 Å². The maximum absolute atomic E-state index is 12.9. The molecule has 0 aliphatic heterocycles. The van der Waals surface area contributed by atoms with Crippen molar-refractivity contribution in [1.29, 1.82) is 0 Å². The molecule has 0 fully saturated rings. The zero-order valence-electron chi connectivity index (χ0n) is 11.5. The lowest BCUT2D eigenvalue weighted by Crippen LogP contribution is -2.29. The van der Waals surface area contributed by atoms with E-state index in [1.54, 1.807) is 18.4 Å². The van der Waals surface area contributed by atoms with Gasteiger partial charge in [0, 0.05) is 16.8 Å². The van der Waals surface area contributed by atoms with Gasteiger partial charge in [0.15, 0.2) is 0 Å². The predicted octanol–water partition coefficient (Wildman–Crippen LogP) is 3.58. The number of nitrogens with zero attached hydrogens (tertiary/aromatic N) is 1. The summed E-state index contributed by atoms with van der Waals surface area (Å²) in [5.74, 6) is -0.450. The Kier molecular flexibility index (Phi) is 4.27. The second kappa shape index (κ2) is 5.63. The number of benzene rings is 1. The predicted molar refractivity (Wildman–Crippen MR) is 78.8 cm³/mol. The molecule has 0 N–H and O–H groups in total. The smallest absolute Gasteiger partial charge is 0.207 e. The summed E-state index contributed by atoms with van der Waals surface area (Å²) in [6.07, 6.45) is 0. The summed E-state index contributed by atoms with van der Waals surface area (Å²) in [5, 5.41) is 0. The van der Waals surface area contributed by atoms with Crippen molar-refractivity contribution < 1.29 is 12.8 Å². The van der Waals surface area contributed by atoms with Crippen LogP contribution >= 0.6 is 11.3 Å². The van der Waals surface area contributed by atoms with Gasteiger partial charge in [-0.05, 0) is 50.2 Å². The Balaban J connectivity index is 2.31. The van der Waals surface area contributed by atoms with Crippen LogP contribution < -0.4 is 0 Å². The topological polar surface area (TPSA) is 37.4 Å². The third-order valence-corrected chi connectivity index (χ3v) is 6.32. The van der Waals surface area contributed by atoms with Crippen molar-refractivity contribution in [3.8, 4) is 0 Å². The summed E-state index contributed by atoms with van der Waals surface area (Å²) in [6, 6.07) is 8.52. The van der Waals surface area contributed by atoms with Gasteiger partial charge in [0.05, 0.1) is 10.9 Å². The van der Waals surface area contributed by atoms with E-state index in [1.165, 1.54) is 16.4 Å². The second-order valence-electron chi connectivity index (χ2n) is 4.60. The lowest BCUT2D eigenvalue weighted by Gasteiger charge is -2.23. The minimum absolute atomic E-state index is 0.0986. The molecule has 20 heavy (non-hydrogen) atoms. The fourth-order valence-electron chi connectivity index (χ4n) is 1.84. The highest BCUT2D eigenvalue weighted by atomic mass is 32.2. The Labute approximate surface area is 122 Å². The van der Waals surface area contributed by atoms with Gasteiger partial charge in [-0.25, -0.2) is 12.8 Å². The van der Waals surface area contributed by atoms with Crippen LogP contribution in [0.3, 0.4) is 0 Å². The van der Waals surface area contributed by atoms with Crippen LogP contribution in [0.2, 0.25) is 0 Å². The van der Waals surface area contributed by atoms with Crippen molar-refractivity contribution in [2.75, 3.05) is 7.05 Å². The number of thiophene rings is 1.